The molecule has 25 heavy (non-hydrogen) atoms. The maximum Gasteiger partial charge on any atom is 0.184 e. The Bertz CT molecular complexity index is 532. The summed E-state index contributed by atoms with van der Waals surface area (Å²) in [6.45, 7) is 14.7. The van der Waals surface area contributed by atoms with Crippen LogP contribution in [0.15, 0.2) is 11.6 Å². The van der Waals surface area contributed by atoms with E-state index in [-0.39, 0.29) is 23.2 Å². The molecular formula is C20H35IO3Si. The fraction of sp³-hybridized carbons (Fsp3) is 0.900. The van der Waals surface area contributed by atoms with E-state index in [4.69, 9.17) is 13.9 Å². The van der Waals surface area contributed by atoms with Gasteiger partial charge in [-0.15, -0.1) is 0 Å². The van der Waals surface area contributed by atoms with Gasteiger partial charge in [0.1, 0.15) is 0 Å². The lowest BCUT2D eigenvalue weighted by Crippen LogP contribution is -2.61. The predicted molar refractivity (Wildman–Crippen MR) is 114 cm³/mol. The highest BCUT2D eigenvalue weighted by atomic mass is 127. The summed E-state index contributed by atoms with van der Waals surface area (Å²) >= 11 is 2.52. The van der Waals surface area contributed by atoms with Crippen LogP contribution in [0.2, 0.25) is 19.6 Å². The van der Waals surface area contributed by atoms with Gasteiger partial charge in [0.2, 0.25) is 0 Å². The minimum Gasteiger partial charge on any atom is -0.414 e. The molecule has 3 nitrogen and oxygen atoms in total. The first-order chi connectivity index (χ1) is 11.7. The van der Waals surface area contributed by atoms with Gasteiger partial charge in [0.15, 0.2) is 14.6 Å². The molecule has 3 rings (SSSR count). The van der Waals surface area contributed by atoms with Gasteiger partial charge in [-0.05, 0) is 51.7 Å². The van der Waals surface area contributed by atoms with E-state index in [1.165, 1.54) is 6.42 Å². The normalized spacial score (nSPS) is 44.2. The Morgan fingerprint density at radius 3 is 2.64 bits per heavy atom. The Hall–Kier alpha value is 0.567. The minimum absolute atomic E-state index is 0.0584. The van der Waals surface area contributed by atoms with Crippen molar-refractivity contribution >= 4 is 30.9 Å². The molecule has 1 aliphatic heterocycles. The van der Waals surface area contributed by atoms with E-state index in [9.17, 15) is 0 Å². The highest BCUT2D eigenvalue weighted by Gasteiger charge is 2.66. The zero-order valence-corrected chi connectivity index (χ0v) is 19.9. The molecule has 144 valence electrons. The third-order valence-corrected chi connectivity index (χ3v) is 8.85. The third-order valence-electron chi connectivity index (χ3n) is 6.88. The SMILES string of the molecule is CCO[C@H]1C[C@]23C=C(CI)C[C@@H](O[Si](C)(C)C)[C@@]2(C)[C@H](C)CC[C@@H]3O1. The van der Waals surface area contributed by atoms with Crippen LogP contribution in [0.1, 0.15) is 46.5 Å². The fourth-order valence-electron chi connectivity index (χ4n) is 5.58. The molecule has 3 aliphatic rings. The van der Waals surface area contributed by atoms with Crippen molar-refractivity contribution in [3.8, 4) is 0 Å². The van der Waals surface area contributed by atoms with Crippen LogP contribution >= 0.6 is 22.6 Å². The monoisotopic (exact) mass is 478 g/mol. The molecule has 1 heterocycles. The van der Waals surface area contributed by atoms with E-state index in [2.05, 4.69) is 69.1 Å². The summed E-state index contributed by atoms with van der Waals surface area (Å²) in [5.74, 6) is 0.640. The van der Waals surface area contributed by atoms with Crippen molar-refractivity contribution in [3.05, 3.63) is 11.6 Å². The number of hydrogen-bond donors (Lipinski definition) is 0. The van der Waals surface area contributed by atoms with Crippen molar-refractivity contribution in [1.82, 2.24) is 0 Å². The maximum atomic E-state index is 6.85. The quantitative estimate of drug-likeness (QED) is 0.225. The number of hydrogen-bond acceptors (Lipinski definition) is 3. The van der Waals surface area contributed by atoms with Crippen LogP contribution in [0.25, 0.3) is 0 Å². The summed E-state index contributed by atoms with van der Waals surface area (Å²) in [4.78, 5) is 0. The molecule has 0 bridgehead atoms. The molecule has 0 N–H and O–H groups in total. The second-order valence-electron chi connectivity index (χ2n) is 9.37. The van der Waals surface area contributed by atoms with Gasteiger partial charge in [0.25, 0.3) is 0 Å². The van der Waals surface area contributed by atoms with E-state index in [0.717, 1.165) is 30.3 Å². The first-order valence-corrected chi connectivity index (χ1v) is 14.8. The Kier molecular flexibility index (Phi) is 5.84. The molecule has 2 aliphatic carbocycles. The maximum absolute atomic E-state index is 6.85. The van der Waals surface area contributed by atoms with Gasteiger partial charge >= 0.3 is 0 Å². The predicted octanol–water partition coefficient (Wildman–Crippen LogP) is 5.55. The summed E-state index contributed by atoms with van der Waals surface area (Å²) in [5.41, 5.74) is 1.73. The third kappa shape index (κ3) is 3.41. The first-order valence-electron chi connectivity index (χ1n) is 9.87. The van der Waals surface area contributed by atoms with Crippen LogP contribution in [0.4, 0.5) is 0 Å². The summed E-state index contributed by atoms with van der Waals surface area (Å²) in [5, 5.41) is 0. The molecule has 0 aromatic rings. The van der Waals surface area contributed by atoms with Crippen molar-refractivity contribution in [2.45, 2.75) is 84.6 Å². The van der Waals surface area contributed by atoms with Gasteiger partial charge in [0.05, 0.1) is 12.2 Å². The number of alkyl halides is 1. The van der Waals surface area contributed by atoms with Crippen molar-refractivity contribution in [2.24, 2.45) is 16.7 Å². The van der Waals surface area contributed by atoms with Gasteiger partial charge in [-0.25, -0.2) is 0 Å². The summed E-state index contributed by atoms with van der Waals surface area (Å²) in [7, 11) is -1.62. The standard InChI is InChI=1S/C20H35IO3Si/c1-7-22-18-12-20-11-15(13-21)10-17(24-25(4,5)6)19(20,3)14(2)8-9-16(20)23-18/h11,14,16-18H,7-10,12-13H2,1-6H3/t14-,16+,17-,18-,19-,20+/m1/s1. The van der Waals surface area contributed by atoms with Crippen LogP contribution in [-0.4, -0.2) is 37.8 Å². The number of ether oxygens (including phenoxy) is 2. The van der Waals surface area contributed by atoms with Crippen LogP contribution in [0.3, 0.4) is 0 Å². The lowest BCUT2D eigenvalue weighted by molar-refractivity contribution is -0.162. The zero-order valence-electron chi connectivity index (χ0n) is 16.7. The Labute approximate surface area is 168 Å². The van der Waals surface area contributed by atoms with Crippen molar-refractivity contribution in [1.29, 1.82) is 0 Å². The van der Waals surface area contributed by atoms with Crippen molar-refractivity contribution < 1.29 is 13.9 Å². The molecule has 1 spiro atoms. The molecule has 1 saturated heterocycles. The van der Waals surface area contributed by atoms with Crippen LogP contribution in [-0.2, 0) is 13.9 Å². The number of halogens is 1. The van der Waals surface area contributed by atoms with E-state index in [0.29, 0.717) is 12.0 Å². The van der Waals surface area contributed by atoms with E-state index in [1.807, 2.05) is 0 Å². The molecule has 1 saturated carbocycles. The molecule has 0 radical (unpaired) electrons. The molecule has 0 unspecified atom stereocenters. The molecular weight excluding hydrogens is 443 g/mol. The summed E-state index contributed by atoms with van der Waals surface area (Å²) in [6, 6.07) is 0. The van der Waals surface area contributed by atoms with Crippen LogP contribution in [0, 0.1) is 16.7 Å². The summed E-state index contributed by atoms with van der Waals surface area (Å²) in [6.07, 6.45) is 7.55. The zero-order chi connectivity index (χ0) is 18.5. The molecule has 0 aromatic heterocycles. The van der Waals surface area contributed by atoms with Crippen LogP contribution in [0.5, 0.6) is 0 Å². The van der Waals surface area contributed by atoms with Gasteiger partial charge in [-0.2, -0.15) is 0 Å². The largest absolute Gasteiger partial charge is 0.414 e. The van der Waals surface area contributed by atoms with Gasteiger partial charge < -0.3 is 13.9 Å². The highest BCUT2D eigenvalue weighted by Crippen LogP contribution is 2.66. The molecule has 6 atom stereocenters. The van der Waals surface area contributed by atoms with Crippen molar-refractivity contribution in [2.75, 3.05) is 11.0 Å². The number of rotatable bonds is 5. The fourth-order valence-corrected chi connectivity index (χ4v) is 7.29. The molecule has 2 fully saturated rings. The van der Waals surface area contributed by atoms with Gasteiger partial charge in [-0.1, -0.05) is 48.1 Å². The molecule has 5 heteroatoms. The first kappa shape index (κ1) is 20.3. The average molecular weight is 478 g/mol. The second kappa shape index (κ2) is 7.19. The van der Waals surface area contributed by atoms with Crippen molar-refractivity contribution in [3.63, 3.8) is 0 Å². The van der Waals surface area contributed by atoms with E-state index >= 15 is 0 Å². The second-order valence-corrected chi connectivity index (χ2v) is 14.6. The van der Waals surface area contributed by atoms with Gasteiger partial charge in [-0.3, -0.25) is 0 Å². The Balaban J connectivity index is 2.06. The summed E-state index contributed by atoms with van der Waals surface area (Å²) < 4.78 is 20.3. The van der Waals surface area contributed by atoms with E-state index in [1.54, 1.807) is 5.57 Å². The molecule has 0 aromatic carbocycles. The minimum atomic E-state index is -1.62. The van der Waals surface area contributed by atoms with Gasteiger partial charge in [0, 0.05) is 28.3 Å². The average Bonchev–Trinajstić information content (AvgIpc) is 2.87. The lowest BCUT2D eigenvalue weighted by Gasteiger charge is -2.61. The van der Waals surface area contributed by atoms with Crippen LogP contribution < -0.4 is 0 Å². The Morgan fingerprint density at radius 1 is 1.32 bits per heavy atom. The smallest absolute Gasteiger partial charge is 0.184 e. The molecule has 0 amide bonds. The highest BCUT2D eigenvalue weighted by molar-refractivity contribution is 14.1. The van der Waals surface area contributed by atoms with E-state index < -0.39 is 8.32 Å². The Morgan fingerprint density at radius 2 is 2.04 bits per heavy atom. The lowest BCUT2D eigenvalue weighted by atomic mass is 9.46. The topological polar surface area (TPSA) is 27.7 Å².